The van der Waals surface area contributed by atoms with Crippen molar-refractivity contribution < 1.29 is 27.5 Å². The Morgan fingerprint density at radius 1 is 0.943 bits per heavy atom. The molecule has 4 N–H and O–H groups in total. The largest absolute Gasteiger partial charge is 0.573 e. The minimum atomic E-state index is -4.74. The van der Waals surface area contributed by atoms with Crippen molar-refractivity contribution in [1.29, 1.82) is 0 Å². The van der Waals surface area contributed by atoms with Gasteiger partial charge in [-0.3, -0.25) is 9.59 Å². The Hall–Kier alpha value is -3.17. The highest BCUT2D eigenvalue weighted by molar-refractivity contribution is 5.91. The van der Waals surface area contributed by atoms with Crippen molar-refractivity contribution in [1.82, 2.24) is 9.80 Å². The molecule has 7 nitrogen and oxygen atoms in total. The first-order valence-electron chi connectivity index (χ1n) is 11.9. The molecule has 3 atom stereocenters. The van der Waals surface area contributed by atoms with Gasteiger partial charge >= 0.3 is 6.36 Å². The van der Waals surface area contributed by atoms with Gasteiger partial charge in [0.15, 0.2) is 0 Å². The molecule has 2 fully saturated rings. The lowest BCUT2D eigenvalue weighted by molar-refractivity contribution is -0.274. The van der Waals surface area contributed by atoms with Crippen molar-refractivity contribution in [2.24, 2.45) is 29.2 Å². The molecule has 2 aliphatic heterocycles. The van der Waals surface area contributed by atoms with Crippen LogP contribution in [0.2, 0.25) is 0 Å². The average Bonchev–Trinajstić information content (AvgIpc) is 3.11. The maximum absolute atomic E-state index is 13.0. The summed E-state index contributed by atoms with van der Waals surface area (Å²) in [5.74, 6) is 0.362. The normalized spacial score (nSPS) is 25.5. The summed E-state index contributed by atoms with van der Waals surface area (Å²) in [6.07, 6.45) is 1.89. The Kier molecular flexibility index (Phi) is 7.28. The number of benzene rings is 1. The molecule has 3 aliphatic rings. The van der Waals surface area contributed by atoms with Crippen LogP contribution >= 0.6 is 0 Å². The predicted octanol–water partition coefficient (Wildman–Crippen LogP) is 3.22. The molecule has 4 rings (SSSR count). The molecule has 2 heterocycles. The number of rotatable bonds is 4. The lowest BCUT2D eigenvalue weighted by atomic mass is 9.89. The Morgan fingerprint density at radius 3 is 2.14 bits per heavy atom. The van der Waals surface area contributed by atoms with E-state index in [-0.39, 0.29) is 23.5 Å². The third-order valence-electron chi connectivity index (χ3n) is 7.26. The van der Waals surface area contributed by atoms with Gasteiger partial charge < -0.3 is 26.0 Å². The van der Waals surface area contributed by atoms with Crippen LogP contribution in [0.5, 0.6) is 5.75 Å². The third-order valence-corrected chi connectivity index (χ3v) is 7.26. The van der Waals surface area contributed by atoms with Crippen LogP contribution in [0.1, 0.15) is 37.7 Å². The second-order valence-corrected chi connectivity index (χ2v) is 9.61. The molecular formula is C25H31F3N4O3. The number of halogens is 3. The third kappa shape index (κ3) is 6.29. The summed E-state index contributed by atoms with van der Waals surface area (Å²) >= 11 is 0. The van der Waals surface area contributed by atoms with E-state index < -0.39 is 6.36 Å². The SMILES string of the molecule is NC1=C(N)CC(C(=O)N2CC3CCN(C(=O)/C=C/c4ccc(OC(F)(F)F)cc4)CCC3C2)CC1. The van der Waals surface area contributed by atoms with Crippen LogP contribution in [0.3, 0.4) is 0 Å². The number of likely N-dealkylation sites (tertiary alicyclic amines) is 2. The number of fused-ring (bicyclic) bond motifs is 1. The summed E-state index contributed by atoms with van der Waals surface area (Å²) in [6.45, 7) is 2.65. The fourth-order valence-corrected chi connectivity index (χ4v) is 5.26. The summed E-state index contributed by atoms with van der Waals surface area (Å²) in [6, 6.07) is 5.36. The van der Waals surface area contributed by atoms with Crippen molar-refractivity contribution in [2.45, 2.75) is 38.5 Å². The van der Waals surface area contributed by atoms with Crippen molar-refractivity contribution in [2.75, 3.05) is 26.2 Å². The Labute approximate surface area is 202 Å². The molecule has 3 unspecified atom stereocenters. The van der Waals surface area contributed by atoms with E-state index in [9.17, 15) is 22.8 Å². The number of nitrogens with two attached hydrogens (primary N) is 2. The second kappa shape index (κ2) is 10.2. The summed E-state index contributed by atoms with van der Waals surface area (Å²) in [7, 11) is 0. The molecule has 2 saturated heterocycles. The van der Waals surface area contributed by atoms with Crippen molar-refractivity contribution in [3.8, 4) is 5.75 Å². The van der Waals surface area contributed by atoms with Gasteiger partial charge in [-0.15, -0.1) is 13.2 Å². The molecule has 190 valence electrons. The lowest BCUT2D eigenvalue weighted by Gasteiger charge is -2.28. The number of allylic oxidation sites excluding steroid dienone is 2. The summed E-state index contributed by atoms with van der Waals surface area (Å²) in [5.41, 5.74) is 13.8. The van der Waals surface area contributed by atoms with Crippen LogP contribution < -0.4 is 16.2 Å². The predicted molar refractivity (Wildman–Crippen MR) is 124 cm³/mol. The quantitative estimate of drug-likeness (QED) is 0.629. The van der Waals surface area contributed by atoms with E-state index >= 15 is 0 Å². The lowest BCUT2D eigenvalue weighted by Crippen LogP contribution is -2.38. The highest BCUT2D eigenvalue weighted by Gasteiger charge is 2.39. The standard InChI is InChI=1S/C25H31F3N4O3/c26-25(27,28)35-20-5-1-16(2-6-20)3-8-23(33)31-11-9-18-14-32(15-19(18)10-12-31)24(34)17-4-7-21(29)22(30)13-17/h1-3,5-6,8,17-19H,4,7,9-15,29-30H2/b8-3+. The molecule has 0 radical (unpaired) electrons. The number of nitrogens with zero attached hydrogens (tertiary/aromatic N) is 2. The highest BCUT2D eigenvalue weighted by Crippen LogP contribution is 2.35. The van der Waals surface area contributed by atoms with Crippen LogP contribution in [0.15, 0.2) is 41.7 Å². The van der Waals surface area contributed by atoms with Gasteiger partial charge in [-0.2, -0.15) is 0 Å². The van der Waals surface area contributed by atoms with Gasteiger partial charge in [-0.1, -0.05) is 12.1 Å². The fraction of sp³-hybridized carbons (Fsp3) is 0.520. The Bertz CT molecular complexity index is 990. The van der Waals surface area contributed by atoms with E-state index in [1.165, 1.54) is 30.3 Å². The van der Waals surface area contributed by atoms with E-state index in [1.54, 1.807) is 11.0 Å². The first-order valence-corrected chi connectivity index (χ1v) is 11.9. The van der Waals surface area contributed by atoms with Gasteiger partial charge in [0, 0.05) is 56.0 Å². The Balaban J connectivity index is 1.27. The Morgan fingerprint density at radius 2 is 1.57 bits per heavy atom. The number of amides is 2. The first-order chi connectivity index (χ1) is 16.6. The minimum absolute atomic E-state index is 0.0954. The van der Waals surface area contributed by atoms with Gasteiger partial charge in [0.1, 0.15) is 5.75 Å². The fourth-order valence-electron chi connectivity index (χ4n) is 5.26. The van der Waals surface area contributed by atoms with E-state index in [1.807, 2.05) is 4.90 Å². The number of carbonyl (C=O) groups excluding carboxylic acids is 2. The second-order valence-electron chi connectivity index (χ2n) is 9.61. The topological polar surface area (TPSA) is 102 Å². The van der Waals surface area contributed by atoms with Crippen LogP contribution in [-0.4, -0.2) is 54.2 Å². The number of hydrogen-bond acceptors (Lipinski definition) is 5. The molecule has 0 bridgehead atoms. The zero-order valence-electron chi connectivity index (χ0n) is 19.5. The highest BCUT2D eigenvalue weighted by atomic mass is 19.4. The number of alkyl halides is 3. The van der Waals surface area contributed by atoms with Crippen LogP contribution in [0.25, 0.3) is 6.08 Å². The van der Waals surface area contributed by atoms with E-state index in [0.29, 0.717) is 67.8 Å². The van der Waals surface area contributed by atoms with Crippen molar-refractivity contribution >= 4 is 17.9 Å². The maximum atomic E-state index is 13.0. The van der Waals surface area contributed by atoms with Crippen molar-refractivity contribution in [3.05, 3.63) is 47.3 Å². The van der Waals surface area contributed by atoms with Gasteiger partial charge in [0.05, 0.1) is 0 Å². The molecule has 2 amide bonds. The molecule has 1 aliphatic carbocycles. The van der Waals surface area contributed by atoms with Gasteiger partial charge in [0.2, 0.25) is 11.8 Å². The van der Waals surface area contributed by atoms with E-state index in [4.69, 9.17) is 11.5 Å². The average molecular weight is 493 g/mol. The molecule has 10 heteroatoms. The summed E-state index contributed by atoms with van der Waals surface area (Å²) in [4.78, 5) is 29.5. The van der Waals surface area contributed by atoms with Gasteiger partial charge in [-0.05, 0) is 61.3 Å². The van der Waals surface area contributed by atoms with Gasteiger partial charge in [0.25, 0.3) is 0 Å². The van der Waals surface area contributed by atoms with Crippen molar-refractivity contribution in [3.63, 3.8) is 0 Å². The maximum Gasteiger partial charge on any atom is 0.573 e. The number of ether oxygens (including phenoxy) is 1. The van der Waals surface area contributed by atoms with Gasteiger partial charge in [-0.25, -0.2) is 0 Å². The summed E-state index contributed by atoms with van der Waals surface area (Å²) < 4.78 is 40.7. The summed E-state index contributed by atoms with van der Waals surface area (Å²) in [5, 5.41) is 0. The van der Waals surface area contributed by atoms with E-state index in [0.717, 1.165) is 19.3 Å². The smallest absolute Gasteiger partial charge is 0.406 e. The zero-order valence-corrected chi connectivity index (χ0v) is 19.5. The molecule has 0 aromatic heterocycles. The van der Waals surface area contributed by atoms with Crippen LogP contribution in [-0.2, 0) is 9.59 Å². The number of carbonyl (C=O) groups is 2. The molecular weight excluding hydrogens is 461 g/mol. The first kappa shape index (κ1) is 24.9. The molecule has 35 heavy (non-hydrogen) atoms. The molecule has 1 aromatic carbocycles. The molecule has 1 aromatic rings. The van der Waals surface area contributed by atoms with Crippen LogP contribution in [0, 0.1) is 17.8 Å². The van der Waals surface area contributed by atoms with E-state index in [2.05, 4.69) is 4.74 Å². The number of hydrogen-bond donors (Lipinski definition) is 2. The molecule has 0 spiro atoms. The minimum Gasteiger partial charge on any atom is -0.406 e. The zero-order chi connectivity index (χ0) is 25.2. The monoisotopic (exact) mass is 492 g/mol. The molecule has 0 saturated carbocycles. The van der Waals surface area contributed by atoms with Crippen LogP contribution in [0.4, 0.5) is 13.2 Å².